The number of hydrogen-bond donors (Lipinski definition) is 4. The van der Waals surface area contributed by atoms with Crippen molar-refractivity contribution in [2.75, 3.05) is 43.8 Å². The van der Waals surface area contributed by atoms with Crippen LogP contribution in [0.25, 0.3) is 0 Å². The third-order valence-electron chi connectivity index (χ3n) is 9.47. The Morgan fingerprint density at radius 3 is 2.67 bits per heavy atom. The van der Waals surface area contributed by atoms with Crippen molar-refractivity contribution in [3.05, 3.63) is 69.7 Å². The zero-order valence-electron chi connectivity index (χ0n) is 28.4. The molecule has 2 fully saturated rings. The Bertz CT molecular complexity index is 1640. The lowest BCUT2D eigenvalue weighted by Crippen LogP contribution is -2.63. The van der Waals surface area contributed by atoms with Crippen LogP contribution in [0.2, 0.25) is 10.0 Å². The summed E-state index contributed by atoms with van der Waals surface area (Å²) in [5.41, 5.74) is 6.60. The Labute approximate surface area is 296 Å². The summed E-state index contributed by atoms with van der Waals surface area (Å²) in [5, 5.41) is 17.6. The Morgan fingerprint density at radius 1 is 1.22 bits per heavy atom. The van der Waals surface area contributed by atoms with Gasteiger partial charge in [-0.3, -0.25) is 10.6 Å². The summed E-state index contributed by atoms with van der Waals surface area (Å²) in [5.74, 6) is 0.126. The first-order valence-electron chi connectivity index (χ1n) is 16.0. The number of epoxide rings is 1. The quantitative estimate of drug-likeness (QED) is 0.216. The van der Waals surface area contributed by atoms with Crippen molar-refractivity contribution in [2.24, 2.45) is 5.92 Å². The molecule has 5 N–H and O–H groups in total. The summed E-state index contributed by atoms with van der Waals surface area (Å²) >= 11 is 13.1. The fraction of sp³-hybridized carbons (Fsp3) is 0.486. The first-order chi connectivity index (χ1) is 23.2. The van der Waals surface area contributed by atoms with E-state index in [0.717, 1.165) is 16.8 Å². The number of halogens is 2. The van der Waals surface area contributed by atoms with Crippen LogP contribution in [0.1, 0.15) is 39.2 Å². The lowest BCUT2D eigenvalue weighted by Gasteiger charge is -2.42. The molecule has 2 amide bonds. The molecule has 49 heavy (non-hydrogen) atoms. The second-order valence-corrected chi connectivity index (χ2v) is 13.9. The van der Waals surface area contributed by atoms with Crippen molar-refractivity contribution in [2.45, 2.75) is 75.8 Å². The maximum atomic E-state index is 13.3. The lowest BCUT2D eigenvalue weighted by atomic mass is 9.83. The molecular formula is C35H44Cl2N4O8. The van der Waals surface area contributed by atoms with Gasteiger partial charge in [-0.2, -0.15) is 0 Å². The standard InChI is InChI=1S/C35H44Cl2N4O8/c1-19-8-7-9-29(46-6)35(44)18-27(47-33(43)40-35)20(2)31-34(3,49-31)28(48-32(42)39-24-11-10-22(38)17-23(24)36)12-13-41(4)25-15-21(14-19)16-26(45-5)30(25)37/h7-11,15-17,20,27-29,31,44H,12-14,18,38H2,1-6H3,(H,39,42)(H,40,43)/b9-7+,19-8+/t20-,27+,28+,29-,31+,34+,35+/m1/s1. The van der Waals surface area contributed by atoms with Crippen LogP contribution in [-0.2, 0) is 25.4 Å². The molecule has 5 rings (SSSR count). The van der Waals surface area contributed by atoms with Gasteiger partial charge in [-0.25, -0.2) is 9.59 Å². The highest BCUT2D eigenvalue weighted by atomic mass is 35.5. The van der Waals surface area contributed by atoms with E-state index < -0.39 is 53.8 Å². The van der Waals surface area contributed by atoms with Crippen LogP contribution in [0.3, 0.4) is 0 Å². The molecule has 2 aromatic rings. The number of aliphatic hydroxyl groups is 1. The van der Waals surface area contributed by atoms with Gasteiger partial charge in [0.2, 0.25) is 0 Å². The molecule has 0 radical (unpaired) electrons. The number of methoxy groups -OCH3 is 2. The number of amides is 2. The van der Waals surface area contributed by atoms with Crippen LogP contribution in [-0.4, -0.2) is 80.8 Å². The molecule has 4 bridgehead atoms. The monoisotopic (exact) mass is 718 g/mol. The molecule has 14 heteroatoms. The van der Waals surface area contributed by atoms with Crippen LogP contribution in [0.15, 0.2) is 54.1 Å². The van der Waals surface area contributed by atoms with Crippen LogP contribution in [0.4, 0.5) is 26.7 Å². The topological polar surface area (TPSA) is 157 Å². The van der Waals surface area contributed by atoms with E-state index in [-0.39, 0.29) is 11.4 Å². The maximum absolute atomic E-state index is 13.3. The third-order valence-corrected chi connectivity index (χ3v) is 10.2. The van der Waals surface area contributed by atoms with Crippen LogP contribution in [0, 0.1) is 5.92 Å². The third kappa shape index (κ3) is 8.05. The predicted molar refractivity (Wildman–Crippen MR) is 188 cm³/mol. The molecule has 7 atom stereocenters. The molecule has 12 nitrogen and oxygen atoms in total. The van der Waals surface area contributed by atoms with E-state index in [4.69, 9.17) is 52.6 Å². The molecule has 0 aromatic heterocycles. The van der Waals surface area contributed by atoms with Gasteiger partial charge in [-0.05, 0) is 56.2 Å². The van der Waals surface area contributed by atoms with Gasteiger partial charge in [0.05, 0.1) is 29.6 Å². The van der Waals surface area contributed by atoms with Crippen molar-refractivity contribution >= 4 is 52.5 Å². The number of nitrogens with one attached hydrogen (secondary N) is 2. The maximum Gasteiger partial charge on any atom is 0.412 e. The normalized spacial score (nSPS) is 32.0. The van der Waals surface area contributed by atoms with E-state index in [1.165, 1.54) is 13.2 Å². The molecule has 0 aliphatic carbocycles. The van der Waals surface area contributed by atoms with Gasteiger partial charge in [-0.1, -0.05) is 53.9 Å². The first kappa shape index (κ1) is 36.6. The average Bonchev–Trinajstić information content (AvgIpc) is 3.74. The number of nitrogens with two attached hydrogens (primary N) is 1. The fourth-order valence-electron chi connectivity index (χ4n) is 6.64. The van der Waals surface area contributed by atoms with Gasteiger partial charge in [0.25, 0.3) is 0 Å². The van der Waals surface area contributed by atoms with Crippen molar-refractivity contribution in [1.29, 1.82) is 0 Å². The number of rotatable bonds is 4. The Balaban J connectivity index is 1.51. The number of nitrogens with zero attached hydrogens (tertiary/aromatic N) is 1. The largest absolute Gasteiger partial charge is 0.495 e. The van der Waals surface area contributed by atoms with E-state index >= 15 is 0 Å². The molecular weight excluding hydrogens is 675 g/mol. The second-order valence-electron chi connectivity index (χ2n) is 13.1. The number of allylic oxidation sites excluding steroid dienone is 3. The summed E-state index contributed by atoms with van der Waals surface area (Å²) in [4.78, 5) is 28.1. The molecule has 3 aliphatic heterocycles. The van der Waals surface area contributed by atoms with E-state index in [2.05, 4.69) is 10.6 Å². The number of ether oxygens (including phenoxy) is 5. The molecule has 2 saturated heterocycles. The summed E-state index contributed by atoms with van der Waals surface area (Å²) in [6.07, 6.45) is 1.95. The molecule has 3 aliphatic rings. The zero-order valence-corrected chi connectivity index (χ0v) is 29.9. The number of nitrogen functional groups attached to an aromatic ring is 1. The Hall–Kier alpha value is -3.68. The van der Waals surface area contributed by atoms with E-state index in [0.29, 0.717) is 41.5 Å². The molecule has 2 aromatic carbocycles. The zero-order chi connectivity index (χ0) is 35.7. The highest BCUT2D eigenvalue weighted by Crippen LogP contribution is 2.49. The van der Waals surface area contributed by atoms with Gasteiger partial charge in [0.1, 0.15) is 34.7 Å². The Kier molecular flexibility index (Phi) is 10.9. The second kappa shape index (κ2) is 14.7. The number of benzene rings is 2. The van der Waals surface area contributed by atoms with Gasteiger partial charge >= 0.3 is 12.2 Å². The van der Waals surface area contributed by atoms with Crippen molar-refractivity contribution in [3.8, 4) is 5.75 Å². The van der Waals surface area contributed by atoms with Gasteiger partial charge in [0.15, 0.2) is 5.72 Å². The highest BCUT2D eigenvalue weighted by molar-refractivity contribution is 6.35. The van der Waals surface area contributed by atoms with Crippen LogP contribution in [0.5, 0.6) is 5.75 Å². The molecule has 0 saturated carbocycles. The van der Waals surface area contributed by atoms with Crippen LogP contribution < -0.4 is 26.0 Å². The minimum absolute atomic E-state index is 0.0237. The number of carbonyl (C=O) groups excluding carboxylic acids is 2. The summed E-state index contributed by atoms with van der Waals surface area (Å²) < 4.78 is 29.3. The molecule has 0 spiro atoms. The van der Waals surface area contributed by atoms with Gasteiger partial charge in [0, 0.05) is 45.1 Å². The lowest BCUT2D eigenvalue weighted by molar-refractivity contribution is -0.142. The predicted octanol–water partition coefficient (Wildman–Crippen LogP) is 6.08. The number of fused-ring (bicyclic) bond motifs is 5. The van der Waals surface area contributed by atoms with Gasteiger partial charge < -0.3 is 39.4 Å². The van der Waals surface area contributed by atoms with Crippen molar-refractivity contribution < 1.29 is 38.4 Å². The number of hydrogen-bond acceptors (Lipinski definition) is 10. The van der Waals surface area contributed by atoms with E-state index in [1.54, 1.807) is 31.4 Å². The number of alkyl carbamates (subject to hydrolysis) is 1. The van der Waals surface area contributed by atoms with Gasteiger partial charge in [-0.15, -0.1) is 0 Å². The SMILES string of the molecule is COc1cc2cc(c1Cl)N(C)CC[C@H](OC(=O)Nc1ccc(N)cc1Cl)[C@]1(C)O[C@H]1[C@H](C)[C@@H]1C[C@@](O)(NC(=O)O1)[C@H](OC)/C=C/C=C(\C)C2. The molecule has 266 valence electrons. The van der Waals surface area contributed by atoms with Crippen molar-refractivity contribution in [1.82, 2.24) is 5.32 Å². The van der Waals surface area contributed by atoms with E-state index in [9.17, 15) is 14.7 Å². The number of carbonyl (C=O) groups is 2. The fourth-order valence-corrected chi connectivity index (χ4v) is 7.21. The average molecular weight is 720 g/mol. The minimum Gasteiger partial charge on any atom is -0.495 e. The Morgan fingerprint density at radius 2 is 1.98 bits per heavy atom. The first-order valence-corrected chi connectivity index (χ1v) is 16.8. The van der Waals surface area contributed by atoms with E-state index in [1.807, 2.05) is 50.9 Å². The van der Waals surface area contributed by atoms with Crippen LogP contribution >= 0.6 is 23.2 Å². The minimum atomic E-state index is -1.76. The summed E-state index contributed by atoms with van der Waals surface area (Å²) in [7, 11) is 4.93. The molecule has 0 unspecified atom stereocenters. The van der Waals surface area contributed by atoms with Crippen molar-refractivity contribution in [3.63, 3.8) is 0 Å². The molecule has 3 heterocycles. The summed E-state index contributed by atoms with van der Waals surface area (Å²) in [6.45, 7) is 6.13. The highest BCUT2D eigenvalue weighted by Gasteiger charge is 2.64. The smallest absolute Gasteiger partial charge is 0.412 e. The summed E-state index contributed by atoms with van der Waals surface area (Å²) in [6, 6.07) is 8.64. The number of anilines is 3.